The molecule has 0 aliphatic rings. The van der Waals surface area contributed by atoms with Gasteiger partial charge in [0.15, 0.2) is 17.3 Å². The Morgan fingerprint density at radius 2 is 1.72 bits per heavy atom. The number of pyridine rings is 1. The molecule has 3 aromatic rings. The van der Waals surface area contributed by atoms with Crippen molar-refractivity contribution in [3.8, 4) is 28.6 Å². The first kappa shape index (κ1) is 20.2. The number of carbonyl (C=O) groups excluding carboxylic acids is 1. The molecule has 1 aromatic carbocycles. The fourth-order valence-electron chi connectivity index (χ4n) is 3.00. The van der Waals surface area contributed by atoms with E-state index in [0.717, 1.165) is 5.56 Å². The Hall–Kier alpha value is -3.55. The normalized spacial score (nSPS) is 10.5. The molecule has 0 saturated carbocycles. The van der Waals surface area contributed by atoms with Crippen LogP contribution in [0, 0.1) is 6.92 Å². The number of hydrogen-bond acceptors (Lipinski definition) is 7. The lowest BCUT2D eigenvalue weighted by molar-refractivity contribution is 0.0954. The number of nitrogens with one attached hydrogen (secondary N) is 1. The molecule has 2 heterocycles. The van der Waals surface area contributed by atoms with Gasteiger partial charge in [0.2, 0.25) is 5.75 Å². The fraction of sp³-hybridized carbons (Fsp3) is 0.286. The van der Waals surface area contributed by atoms with Gasteiger partial charge in [-0.15, -0.1) is 0 Å². The largest absolute Gasteiger partial charge is 0.493 e. The molecule has 1 amide bonds. The molecule has 0 radical (unpaired) electrons. The number of hydrogen-bond donors (Lipinski definition) is 1. The van der Waals surface area contributed by atoms with Crippen LogP contribution in [-0.2, 0) is 6.42 Å². The van der Waals surface area contributed by atoms with E-state index in [9.17, 15) is 4.79 Å². The molecule has 0 bridgehead atoms. The number of ether oxygens (including phenoxy) is 3. The Labute approximate surface area is 168 Å². The van der Waals surface area contributed by atoms with Crippen LogP contribution in [0.25, 0.3) is 11.3 Å². The van der Waals surface area contributed by atoms with Crippen LogP contribution >= 0.6 is 0 Å². The molecule has 0 spiro atoms. The van der Waals surface area contributed by atoms with E-state index in [1.807, 2.05) is 12.1 Å². The molecule has 0 aliphatic heterocycles. The standard InChI is InChI=1S/C21H23N3O5/c1-13-18(21(25)23-10-7-14-5-8-22-9-6-14)19(29-24-13)15-11-16(26-2)20(28-4)17(12-15)27-3/h5-6,8-9,11-12H,7,10H2,1-4H3,(H,23,25). The molecular formula is C21H23N3O5. The zero-order valence-electron chi connectivity index (χ0n) is 16.8. The van der Waals surface area contributed by atoms with E-state index in [4.69, 9.17) is 18.7 Å². The van der Waals surface area contributed by atoms with Gasteiger partial charge in [-0.2, -0.15) is 0 Å². The average molecular weight is 397 g/mol. The number of carbonyl (C=O) groups is 1. The predicted octanol–water partition coefficient (Wildman–Crippen LogP) is 3.04. The van der Waals surface area contributed by atoms with E-state index in [-0.39, 0.29) is 5.91 Å². The lowest BCUT2D eigenvalue weighted by Crippen LogP contribution is -2.26. The number of aromatic nitrogens is 2. The van der Waals surface area contributed by atoms with Crippen molar-refractivity contribution in [2.75, 3.05) is 27.9 Å². The van der Waals surface area contributed by atoms with Crippen molar-refractivity contribution < 1.29 is 23.5 Å². The van der Waals surface area contributed by atoms with Gasteiger partial charge >= 0.3 is 0 Å². The lowest BCUT2D eigenvalue weighted by atomic mass is 10.0. The van der Waals surface area contributed by atoms with Crippen LogP contribution in [0.15, 0.2) is 41.2 Å². The number of amides is 1. The third kappa shape index (κ3) is 4.31. The van der Waals surface area contributed by atoms with Crippen molar-refractivity contribution in [3.63, 3.8) is 0 Å². The van der Waals surface area contributed by atoms with Gasteiger partial charge in [0.05, 0.1) is 27.0 Å². The van der Waals surface area contributed by atoms with Gasteiger partial charge in [0.1, 0.15) is 5.56 Å². The first-order valence-corrected chi connectivity index (χ1v) is 9.02. The number of benzene rings is 1. The predicted molar refractivity (Wildman–Crippen MR) is 107 cm³/mol. The summed E-state index contributed by atoms with van der Waals surface area (Å²) >= 11 is 0. The van der Waals surface area contributed by atoms with Crippen LogP contribution in [-0.4, -0.2) is 43.9 Å². The Bertz CT molecular complexity index is 960. The maximum atomic E-state index is 12.8. The maximum Gasteiger partial charge on any atom is 0.257 e. The van der Waals surface area contributed by atoms with E-state index in [1.165, 1.54) is 21.3 Å². The quantitative estimate of drug-likeness (QED) is 0.624. The highest BCUT2D eigenvalue weighted by Gasteiger charge is 2.24. The second-order valence-corrected chi connectivity index (χ2v) is 6.25. The molecule has 0 saturated heterocycles. The highest BCUT2D eigenvalue weighted by Crippen LogP contribution is 2.42. The summed E-state index contributed by atoms with van der Waals surface area (Å²) in [5.41, 5.74) is 2.55. The van der Waals surface area contributed by atoms with Gasteiger partial charge < -0.3 is 24.1 Å². The van der Waals surface area contributed by atoms with E-state index in [2.05, 4.69) is 15.5 Å². The molecule has 8 heteroatoms. The van der Waals surface area contributed by atoms with E-state index in [0.29, 0.717) is 52.8 Å². The van der Waals surface area contributed by atoms with Gasteiger partial charge in [0.25, 0.3) is 5.91 Å². The Morgan fingerprint density at radius 1 is 1.07 bits per heavy atom. The first-order valence-electron chi connectivity index (χ1n) is 9.02. The second kappa shape index (κ2) is 9.09. The molecule has 8 nitrogen and oxygen atoms in total. The van der Waals surface area contributed by atoms with Crippen molar-refractivity contribution >= 4 is 5.91 Å². The molecule has 2 aromatic heterocycles. The highest BCUT2D eigenvalue weighted by molar-refractivity contribution is 6.00. The van der Waals surface area contributed by atoms with Crippen molar-refractivity contribution in [3.05, 3.63) is 53.5 Å². The minimum atomic E-state index is -0.262. The summed E-state index contributed by atoms with van der Waals surface area (Å²) in [5.74, 6) is 1.45. The van der Waals surface area contributed by atoms with Gasteiger partial charge in [-0.05, 0) is 43.2 Å². The van der Waals surface area contributed by atoms with Gasteiger partial charge in [-0.25, -0.2) is 0 Å². The van der Waals surface area contributed by atoms with E-state index >= 15 is 0 Å². The molecule has 0 aliphatic carbocycles. The summed E-state index contributed by atoms with van der Waals surface area (Å²) in [4.78, 5) is 16.8. The summed E-state index contributed by atoms with van der Waals surface area (Å²) in [6, 6.07) is 7.26. The Morgan fingerprint density at radius 3 is 2.31 bits per heavy atom. The fourth-order valence-corrected chi connectivity index (χ4v) is 3.00. The number of methoxy groups -OCH3 is 3. The average Bonchev–Trinajstić information content (AvgIpc) is 3.14. The molecule has 152 valence electrons. The molecule has 3 rings (SSSR count). The Balaban J connectivity index is 1.86. The molecule has 0 fully saturated rings. The third-order valence-electron chi connectivity index (χ3n) is 4.47. The van der Waals surface area contributed by atoms with Crippen molar-refractivity contribution in [2.24, 2.45) is 0 Å². The highest BCUT2D eigenvalue weighted by atomic mass is 16.5. The minimum Gasteiger partial charge on any atom is -0.493 e. The molecule has 1 N–H and O–H groups in total. The number of nitrogens with zero attached hydrogens (tertiary/aromatic N) is 2. The van der Waals surface area contributed by atoms with Crippen LogP contribution in [0.2, 0.25) is 0 Å². The summed E-state index contributed by atoms with van der Waals surface area (Å²) < 4.78 is 21.6. The van der Waals surface area contributed by atoms with Crippen molar-refractivity contribution in [1.82, 2.24) is 15.5 Å². The lowest BCUT2D eigenvalue weighted by Gasteiger charge is -2.13. The zero-order chi connectivity index (χ0) is 20.8. The van der Waals surface area contributed by atoms with Crippen LogP contribution < -0.4 is 19.5 Å². The van der Waals surface area contributed by atoms with Crippen LogP contribution in [0.3, 0.4) is 0 Å². The number of aryl methyl sites for hydroxylation is 1. The van der Waals surface area contributed by atoms with E-state index < -0.39 is 0 Å². The maximum absolute atomic E-state index is 12.8. The van der Waals surface area contributed by atoms with Gasteiger partial charge in [0, 0.05) is 24.5 Å². The topological polar surface area (TPSA) is 95.7 Å². The van der Waals surface area contributed by atoms with Crippen LogP contribution in [0.4, 0.5) is 0 Å². The summed E-state index contributed by atoms with van der Waals surface area (Å²) in [5, 5.41) is 6.89. The molecule has 29 heavy (non-hydrogen) atoms. The first-order chi connectivity index (χ1) is 14.1. The summed E-state index contributed by atoms with van der Waals surface area (Å²) in [6.45, 7) is 2.20. The smallest absolute Gasteiger partial charge is 0.257 e. The summed E-state index contributed by atoms with van der Waals surface area (Å²) in [7, 11) is 4.58. The number of rotatable bonds is 8. The Kier molecular flexibility index (Phi) is 6.33. The van der Waals surface area contributed by atoms with Crippen LogP contribution in [0.1, 0.15) is 21.6 Å². The van der Waals surface area contributed by atoms with E-state index in [1.54, 1.807) is 31.5 Å². The van der Waals surface area contributed by atoms with Crippen molar-refractivity contribution in [1.29, 1.82) is 0 Å². The van der Waals surface area contributed by atoms with Crippen molar-refractivity contribution in [2.45, 2.75) is 13.3 Å². The monoisotopic (exact) mass is 397 g/mol. The third-order valence-corrected chi connectivity index (χ3v) is 4.47. The SMILES string of the molecule is COc1cc(-c2onc(C)c2C(=O)NCCc2ccncc2)cc(OC)c1OC. The van der Waals surface area contributed by atoms with Crippen LogP contribution in [0.5, 0.6) is 17.2 Å². The zero-order valence-corrected chi connectivity index (χ0v) is 16.8. The van der Waals surface area contributed by atoms with Gasteiger partial charge in [-0.3, -0.25) is 9.78 Å². The second-order valence-electron chi connectivity index (χ2n) is 6.25. The van der Waals surface area contributed by atoms with Gasteiger partial charge in [-0.1, -0.05) is 5.16 Å². The molecule has 0 unspecified atom stereocenters. The minimum absolute atomic E-state index is 0.262. The summed E-state index contributed by atoms with van der Waals surface area (Å²) in [6.07, 6.45) is 4.14. The molecule has 0 atom stereocenters. The molecular weight excluding hydrogens is 374 g/mol.